The van der Waals surface area contributed by atoms with E-state index in [-0.39, 0.29) is 47.1 Å². The number of halogens is 4. The Morgan fingerprint density at radius 3 is 2.87 bits per heavy atom. The van der Waals surface area contributed by atoms with E-state index in [1.807, 2.05) is 11.9 Å². The molecule has 0 aliphatic carbocycles. The number of benzene rings is 1. The molecular formula is C26H26F4N6O2S. The van der Waals surface area contributed by atoms with E-state index in [0.29, 0.717) is 42.2 Å². The molecule has 5 rings (SSSR count). The number of hydrogen-bond donors (Lipinski definition) is 3. The van der Waals surface area contributed by atoms with Crippen molar-refractivity contribution >= 4 is 34.7 Å². The highest BCUT2D eigenvalue weighted by Gasteiger charge is 2.34. The van der Waals surface area contributed by atoms with E-state index in [1.165, 1.54) is 17.7 Å². The fourth-order valence-electron chi connectivity index (χ4n) is 4.69. The minimum atomic E-state index is -4.57. The van der Waals surface area contributed by atoms with Crippen molar-refractivity contribution in [3.05, 3.63) is 47.3 Å². The van der Waals surface area contributed by atoms with Crippen LogP contribution in [-0.2, 0) is 6.54 Å². The van der Waals surface area contributed by atoms with Gasteiger partial charge in [0, 0.05) is 43.2 Å². The van der Waals surface area contributed by atoms with E-state index < -0.39 is 17.7 Å². The number of anilines is 2. The smallest absolute Gasteiger partial charge is 0.447 e. The molecule has 2 aliphatic heterocycles. The van der Waals surface area contributed by atoms with Gasteiger partial charge in [-0.3, -0.25) is 9.20 Å². The van der Waals surface area contributed by atoms with Gasteiger partial charge in [0.15, 0.2) is 5.65 Å². The molecule has 13 heteroatoms. The lowest BCUT2D eigenvalue weighted by atomic mass is 10.0. The predicted molar refractivity (Wildman–Crippen MR) is 141 cm³/mol. The van der Waals surface area contributed by atoms with Gasteiger partial charge >= 0.3 is 5.51 Å². The molecular weight excluding hydrogens is 536 g/mol. The first-order chi connectivity index (χ1) is 18.6. The van der Waals surface area contributed by atoms with Crippen LogP contribution in [0.5, 0.6) is 5.75 Å². The summed E-state index contributed by atoms with van der Waals surface area (Å²) in [6.45, 7) is 1.45. The maximum atomic E-state index is 14.6. The molecule has 2 aromatic heterocycles. The van der Waals surface area contributed by atoms with Gasteiger partial charge in [-0.15, -0.1) is 0 Å². The number of pyridine rings is 1. The Labute approximate surface area is 226 Å². The minimum absolute atomic E-state index is 0.0474. The largest absolute Gasteiger partial charge is 0.495 e. The van der Waals surface area contributed by atoms with E-state index in [0.717, 1.165) is 5.56 Å². The van der Waals surface area contributed by atoms with E-state index in [1.54, 1.807) is 24.3 Å². The van der Waals surface area contributed by atoms with Crippen LogP contribution in [0, 0.1) is 11.8 Å². The van der Waals surface area contributed by atoms with Crippen molar-refractivity contribution < 1.29 is 27.1 Å². The molecule has 206 valence electrons. The summed E-state index contributed by atoms with van der Waals surface area (Å²) >= 11 is -0.302. The third-order valence-corrected chi connectivity index (χ3v) is 7.40. The van der Waals surface area contributed by atoms with Gasteiger partial charge in [0.1, 0.15) is 22.6 Å². The molecule has 8 nitrogen and oxygen atoms in total. The van der Waals surface area contributed by atoms with Crippen LogP contribution in [0.1, 0.15) is 28.0 Å². The second kappa shape index (κ2) is 10.9. The molecule has 0 bridgehead atoms. The van der Waals surface area contributed by atoms with Gasteiger partial charge in [0.25, 0.3) is 5.91 Å². The number of nitrogens with zero attached hydrogens (tertiary/aromatic N) is 3. The summed E-state index contributed by atoms with van der Waals surface area (Å²) in [4.78, 5) is 18.3. The Morgan fingerprint density at radius 1 is 1.31 bits per heavy atom. The first-order valence-electron chi connectivity index (χ1n) is 12.2. The zero-order valence-corrected chi connectivity index (χ0v) is 22.0. The molecule has 1 amide bonds. The van der Waals surface area contributed by atoms with E-state index in [4.69, 9.17) is 4.74 Å². The molecule has 0 unspecified atom stereocenters. The van der Waals surface area contributed by atoms with E-state index in [9.17, 15) is 22.4 Å². The molecule has 39 heavy (non-hydrogen) atoms. The molecule has 4 heterocycles. The van der Waals surface area contributed by atoms with Crippen molar-refractivity contribution in [3.8, 4) is 17.6 Å². The number of alkyl halides is 4. The van der Waals surface area contributed by atoms with E-state index in [2.05, 4.69) is 32.8 Å². The molecule has 0 saturated carbocycles. The van der Waals surface area contributed by atoms with Crippen molar-refractivity contribution in [2.45, 2.75) is 35.7 Å². The summed E-state index contributed by atoms with van der Waals surface area (Å²) in [6, 6.07) is 6.20. The van der Waals surface area contributed by atoms with Crippen molar-refractivity contribution in [1.29, 1.82) is 0 Å². The highest BCUT2D eigenvalue weighted by Crippen LogP contribution is 2.39. The number of hydrogen-bond acceptors (Lipinski definition) is 7. The predicted octanol–water partition coefficient (Wildman–Crippen LogP) is 4.12. The van der Waals surface area contributed by atoms with Crippen LogP contribution in [0.4, 0.5) is 28.9 Å². The number of aromatic nitrogens is 2. The number of nitrogens with one attached hydrogen (secondary N) is 3. The summed E-state index contributed by atoms with van der Waals surface area (Å²) in [5, 5.41) is 8.76. The standard InChI is InChI=1S/C26H26F4N6O2S/c1-35-10-7-18(17(27)14-35)33-19-6-4-9-36-23(19)34-20(25(36)39-26(28,29)30)5-3-8-31-21-12-16-15(11-22(21)38-2)13-32-24(16)37/h4,6,9,11-12,17-18,31,33H,7-8,10,13-14H2,1-2H3,(H,32,37)/t17-,18+/m0/s1. The Bertz CT molecular complexity index is 1460. The monoisotopic (exact) mass is 562 g/mol. The van der Waals surface area contributed by atoms with Gasteiger partial charge in [-0.1, -0.05) is 5.92 Å². The quantitative estimate of drug-likeness (QED) is 0.237. The van der Waals surface area contributed by atoms with Crippen LogP contribution in [0.25, 0.3) is 5.65 Å². The van der Waals surface area contributed by atoms with Crippen LogP contribution in [0.15, 0.2) is 35.5 Å². The van der Waals surface area contributed by atoms with Crippen LogP contribution in [0.2, 0.25) is 0 Å². The average Bonchev–Trinajstić information content (AvgIpc) is 3.42. The summed E-state index contributed by atoms with van der Waals surface area (Å²) in [5.41, 5.74) is -2.07. The number of fused-ring (bicyclic) bond motifs is 2. The van der Waals surface area contributed by atoms with Crippen LogP contribution < -0.4 is 20.7 Å². The SMILES string of the molecule is COc1cc2c(cc1NCC#Cc1nc3c(N[C@@H]4CCN(C)C[C@@H]4F)cccn3c1SC(F)(F)F)C(=O)NC2. The fourth-order valence-corrected chi connectivity index (χ4v) is 5.35. The van der Waals surface area contributed by atoms with Crippen LogP contribution in [-0.4, -0.2) is 71.7 Å². The molecule has 2 aliphatic rings. The molecule has 0 radical (unpaired) electrons. The van der Waals surface area contributed by atoms with Crippen molar-refractivity contribution in [3.63, 3.8) is 0 Å². The second-order valence-corrected chi connectivity index (χ2v) is 10.3. The van der Waals surface area contributed by atoms with Gasteiger partial charge in [-0.25, -0.2) is 9.37 Å². The summed E-state index contributed by atoms with van der Waals surface area (Å²) < 4.78 is 61.8. The molecule has 3 N–H and O–H groups in total. The van der Waals surface area contributed by atoms with Gasteiger partial charge < -0.3 is 25.6 Å². The van der Waals surface area contributed by atoms with Gasteiger partial charge in [0.2, 0.25) is 0 Å². The molecule has 1 saturated heterocycles. The van der Waals surface area contributed by atoms with Crippen LogP contribution >= 0.6 is 11.8 Å². The first-order valence-corrected chi connectivity index (χ1v) is 13.0. The Hall–Kier alpha value is -3.63. The van der Waals surface area contributed by atoms with Crippen molar-refractivity contribution in [1.82, 2.24) is 19.6 Å². The van der Waals surface area contributed by atoms with Crippen LogP contribution in [0.3, 0.4) is 0 Å². The van der Waals surface area contributed by atoms with Gasteiger partial charge in [0.05, 0.1) is 31.1 Å². The lowest BCUT2D eigenvalue weighted by Crippen LogP contribution is -2.46. The summed E-state index contributed by atoms with van der Waals surface area (Å²) in [5.74, 6) is 5.89. The number of ether oxygens (including phenoxy) is 1. The zero-order chi connectivity index (χ0) is 27.7. The number of methoxy groups -OCH3 is 1. The Balaban J connectivity index is 1.41. The number of piperidine rings is 1. The topological polar surface area (TPSA) is 82.9 Å². The minimum Gasteiger partial charge on any atom is -0.495 e. The van der Waals surface area contributed by atoms with Gasteiger partial charge in [-0.2, -0.15) is 13.2 Å². The fraction of sp³-hybridized carbons (Fsp3) is 0.385. The highest BCUT2D eigenvalue weighted by molar-refractivity contribution is 8.00. The third-order valence-electron chi connectivity index (χ3n) is 6.59. The number of thioether (sulfide) groups is 1. The molecule has 0 spiro atoms. The number of imidazole rings is 1. The lowest BCUT2D eigenvalue weighted by molar-refractivity contribution is -0.0330. The summed E-state index contributed by atoms with van der Waals surface area (Å²) in [7, 11) is 3.35. The maximum Gasteiger partial charge on any atom is 0.447 e. The van der Waals surface area contributed by atoms with Crippen molar-refractivity contribution in [2.75, 3.05) is 44.4 Å². The Kier molecular flexibility index (Phi) is 7.51. The lowest BCUT2D eigenvalue weighted by Gasteiger charge is -2.33. The number of carbonyl (C=O) groups excluding carboxylic acids is 1. The first kappa shape index (κ1) is 27.0. The normalized spacial score (nSPS) is 19.3. The number of likely N-dealkylation sites (tertiary alicyclic amines) is 1. The summed E-state index contributed by atoms with van der Waals surface area (Å²) in [6.07, 6.45) is 0.901. The molecule has 3 aromatic rings. The zero-order valence-electron chi connectivity index (χ0n) is 21.2. The second-order valence-electron chi connectivity index (χ2n) is 9.29. The Morgan fingerprint density at radius 2 is 2.13 bits per heavy atom. The number of amides is 1. The van der Waals surface area contributed by atoms with Gasteiger partial charge in [-0.05, 0) is 49.2 Å². The maximum absolute atomic E-state index is 14.6. The van der Waals surface area contributed by atoms with E-state index >= 15 is 0 Å². The third kappa shape index (κ3) is 5.86. The highest BCUT2D eigenvalue weighted by atomic mass is 32.2. The molecule has 1 fully saturated rings. The molecule has 2 atom stereocenters. The molecule has 1 aromatic carbocycles. The van der Waals surface area contributed by atoms with Crippen molar-refractivity contribution in [2.24, 2.45) is 0 Å². The number of rotatable bonds is 6. The number of carbonyl (C=O) groups is 1. The average molecular weight is 563 g/mol.